The van der Waals surface area contributed by atoms with Gasteiger partial charge in [0.2, 0.25) is 24.8 Å². The van der Waals surface area contributed by atoms with Crippen molar-refractivity contribution in [3.05, 3.63) is 107 Å². The molecule has 2 N–H and O–H groups in total. The highest BCUT2D eigenvalue weighted by Crippen LogP contribution is 2.62. The van der Waals surface area contributed by atoms with E-state index >= 15 is 4.79 Å². The number of carbonyl (C=O) groups excluding carboxylic acids is 1. The molecule has 1 unspecified atom stereocenters. The summed E-state index contributed by atoms with van der Waals surface area (Å²) >= 11 is 0. The quantitative estimate of drug-likeness (QED) is 0.0393. The lowest BCUT2D eigenvalue weighted by Crippen LogP contribution is -2.70. The summed E-state index contributed by atoms with van der Waals surface area (Å²) < 4.78 is 53.8. The van der Waals surface area contributed by atoms with Crippen LogP contribution in [0.5, 0.6) is 23.0 Å². The van der Waals surface area contributed by atoms with E-state index in [-0.39, 0.29) is 75.7 Å². The molecule has 1 saturated carbocycles. The van der Waals surface area contributed by atoms with Gasteiger partial charge in [-0.25, -0.2) is 4.39 Å². The summed E-state index contributed by atoms with van der Waals surface area (Å²) in [5.74, 6) is -0.000837. The molecule has 2 fully saturated rings. The third-order valence-corrected chi connectivity index (χ3v) is 15.4. The van der Waals surface area contributed by atoms with Crippen molar-refractivity contribution in [2.75, 3.05) is 33.2 Å². The summed E-state index contributed by atoms with van der Waals surface area (Å²) in [7, 11) is 0. The number of oxime groups is 1. The van der Waals surface area contributed by atoms with E-state index in [1.165, 1.54) is 38.2 Å². The summed E-state index contributed by atoms with van der Waals surface area (Å²) in [5, 5.41) is 25.2. The first-order valence-electron chi connectivity index (χ1n) is 27.3. The Kier molecular flexibility index (Phi) is 19.9. The van der Waals surface area contributed by atoms with E-state index in [2.05, 4.69) is 19.6 Å². The fourth-order valence-corrected chi connectivity index (χ4v) is 11.8. The molecule has 13 heteroatoms. The highest BCUT2D eigenvalue weighted by molar-refractivity contribution is 6.03. The number of benzene rings is 3. The Morgan fingerprint density at radius 2 is 1.65 bits per heavy atom. The number of nitrogens with zero attached hydrogens (tertiary/aromatic N) is 2. The van der Waals surface area contributed by atoms with Crippen molar-refractivity contribution in [2.24, 2.45) is 22.9 Å². The number of unbranched alkanes of at least 4 members (excludes halogenated alkanes) is 10. The number of hydrogen-bond acceptors (Lipinski definition) is 11. The van der Waals surface area contributed by atoms with E-state index < -0.39 is 24.0 Å². The van der Waals surface area contributed by atoms with Crippen LogP contribution in [-0.2, 0) is 32.3 Å². The predicted molar refractivity (Wildman–Crippen MR) is 275 cm³/mol. The van der Waals surface area contributed by atoms with E-state index in [0.29, 0.717) is 66.6 Å². The van der Waals surface area contributed by atoms with Crippen molar-refractivity contribution in [2.45, 2.75) is 173 Å². The van der Waals surface area contributed by atoms with Gasteiger partial charge in [-0.15, -0.1) is 6.58 Å². The number of aliphatic hydroxyl groups excluding tert-OH is 2. The maximum Gasteiger partial charge on any atom is 0.239 e. The Morgan fingerprint density at radius 1 is 0.889 bits per heavy atom. The van der Waals surface area contributed by atoms with Crippen LogP contribution in [0, 0.1) is 23.6 Å². The number of rotatable bonds is 29. The van der Waals surface area contributed by atoms with Gasteiger partial charge in [-0.3, -0.25) is 4.79 Å². The van der Waals surface area contributed by atoms with Gasteiger partial charge in [0.25, 0.3) is 0 Å². The van der Waals surface area contributed by atoms with E-state index in [9.17, 15) is 14.6 Å². The van der Waals surface area contributed by atoms with Gasteiger partial charge in [0, 0.05) is 56.1 Å². The lowest BCUT2D eigenvalue weighted by atomic mass is 9.55. The van der Waals surface area contributed by atoms with Gasteiger partial charge in [-0.05, 0) is 104 Å². The molecule has 0 aromatic heterocycles. The molecule has 12 nitrogen and oxygen atoms in total. The molecule has 3 aliphatic heterocycles. The monoisotopic (exact) mass is 995 g/mol. The zero-order valence-corrected chi connectivity index (χ0v) is 42.6. The molecule has 8 rings (SSSR count). The average Bonchev–Trinajstić information content (AvgIpc) is 3.88. The topological polar surface area (TPSA) is 138 Å². The molecule has 2 aliphatic carbocycles. The van der Waals surface area contributed by atoms with Crippen molar-refractivity contribution in [1.82, 2.24) is 4.90 Å². The molecular weight excluding hydrogens is 916 g/mol. The number of ether oxygens (including phenoxy) is 6. The summed E-state index contributed by atoms with van der Waals surface area (Å²) in [4.78, 5) is 23.8. The molecular formula is C59H79FN2O10. The van der Waals surface area contributed by atoms with Gasteiger partial charge in [0.05, 0.1) is 24.8 Å². The molecule has 3 aromatic rings. The highest BCUT2D eigenvalue weighted by Gasteiger charge is 2.65. The first-order chi connectivity index (χ1) is 35.4. The lowest BCUT2D eigenvalue weighted by molar-refractivity contribution is -0.258. The molecule has 392 valence electrons. The Hall–Kier alpha value is -4.95. The minimum absolute atomic E-state index is 0.00877. The maximum absolute atomic E-state index is 15.4. The van der Waals surface area contributed by atoms with Crippen molar-refractivity contribution in [1.29, 1.82) is 0 Å². The smallest absolute Gasteiger partial charge is 0.239 e. The van der Waals surface area contributed by atoms with Crippen molar-refractivity contribution in [3.8, 4) is 23.0 Å². The van der Waals surface area contributed by atoms with Gasteiger partial charge < -0.3 is 48.4 Å². The summed E-state index contributed by atoms with van der Waals surface area (Å²) in [6.07, 6.45) is 21.5. The predicted octanol–water partition coefficient (Wildman–Crippen LogP) is 12.2. The zero-order chi connectivity index (χ0) is 50.1. The standard InChI is InChI=1S/C59H79FN2O10/c1-3-5-6-7-8-9-10-11-12-25-55(65)62(39-42-27-29-52-53(35-42)69-41-68-52)54-38-50(61-72-56-26-17-20-34-66-56)47-36-43(21-15-18-31-63)46(23-16-19-32-64)57-48-37-45(67-40-44-22-13-14-24-49(44)60)28-30-51(48)71-59(54,58(47)57)70-33-4-2/h4,13-14,22,24,27-30,35-37,43,46,54,56-58,63-64H,2-3,5-12,15-21,23,25-26,31-34,38-41H2,1H3/t43-,46+,54-,56?,57+,58+,59+/m0/s1. The number of carbonyl (C=O) groups is 1. The number of hydrogen-bond donors (Lipinski definition) is 2. The number of halogens is 1. The third kappa shape index (κ3) is 13.0. The van der Waals surface area contributed by atoms with Gasteiger partial charge in [-0.1, -0.05) is 113 Å². The number of allylic oxidation sites excluding steroid dienone is 1. The molecule has 72 heavy (non-hydrogen) atoms. The minimum Gasteiger partial charge on any atom is -0.489 e. The zero-order valence-electron chi connectivity index (χ0n) is 42.6. The van der Waals surface area contributed by atoms with E-state index in [0.717, 1.165) is 80.9 Å². The number of amides is 1. The van der Waals surface area contributed by atoms with Crippen LogP contribution in [0.2, 0.25) is 0 Å². The van der Waals surface area contributed by atoms with Crippen LogP contribution < -0.4 is 18.9 Å². The second kappa shape index (κ2) is 26.8. The fraction of sp³-hybridized carbons (Fsp3) is 0.593. The van der Waals surface area contributed by atoms with Gasteiger partial charge in [0.15, 0.2) is 11.5 Å². The first kappa shape index (κ1) is 53.3. The van der Waals surface area contributed by atoms with Gasteiger partial charge in [0.1, 0.15) is 30.0 Å². The molecule has 7 atom stereocenters. The Bertz CT molecular complexity index is 2280. The van der Waals surface area contributed by atoms with Crippen LogP contribution in [0.4, 0.5) is 4.39 Å². The van der Waals surface area contributed by atoms with Crippen molar-refractivity contribution < 1.29 is 52.7 Å². The maximum atomic E-state index is 15.4. The van der Waals surface area contributed by atoms with E-state index in [1.54, 1.807) is 24.3 Å². The minimum atomic E-state index is -1.44. The largest absolute Gasteiger partial charge is 0.489 e. The van der Waals surface area contributed by atoms with Crippen LogP contribution in [0.3, 0.4) is 0 Å². The SMILES string of the molecule is C=CCO[C@@]12Oc3ccc(OCc4ccccc4F)cc3[C@H]3[C@H](CCCCO)[C@@H](CCCCO)C=C(C(=NOC4CCCCO4)C[C@@H]1N(Cc1ccc4c(c1)OCO4)C(=O)CCCCCCCCCCC)[C@H]32. The van der Waals surface area contributed by atoms with E-state index in [4.69, 9.17) is 38.4 Å². The molecule has 1 amide bonds. The van der Waals surface area contributed by atoms with Crippen LogP contribution >= 0.6 is 0 Å². The third-order valence-electron chi connectivity index (χ3n) is 15.4. The first-order valence-corrected chi connectivity index (χ1v) is 27.3. The molecule has 0 bridgehead atoms. The summed E-state index contributed by atoms with van der Waals surface area (Å²) in [5.41, 5.74) is 3.92. The summed E-state index contributed by atoms with van der Waals surface area (Å²) in [6, 6.07) is 17.6. The van der Waals surface area contributed by atoms with E-state index in [1.807, 2.05) is 41.3 Å². The highest BCUT2D eigenvalue weighted by atomic mass is 19.1. The molecule has 0 radical (unpaired) electrons. The number of fused-ring (bicyclic) bond motifs is 3. The van der Waals surface area contributed by atoms with Crippen LogP contribution in [0.15, 0.2) is 90.1 Å². The fourth-order valence-electron chi connectivity index (χ4n) is 11.8. The molecule has 1 saturated heterocycles. The number of aliphatic hydroxyl groups is 2. The van der Waals surface area contributed by atoms with Crippen LogP contribution in [0.1, 0.15) is 158 Å². The lowest BCUT2D eigenvalue weighted by Gasteiger charge is -2.60. The Balaban J connectivity index is 1.25. The second-order valence-electron chi connectivity index (χ2n) is 20.3. The molecule has 5 aliphatic rings. The average molecular weight is 995 g/mol. The Labute approximate surface area is 426 Å². The normalized spacial score (nSPS) is 24.4. The summed E-state index contributed by atoms with van der Waals surface area (Å²) in [6.45, 7) is 7.68. The molecule has 3 aromatic carbocycles. The molecule has 3 heterocycles. The van der Waals surface area contributed by atoms with Crippen LogP contribution in [-0.4, -0.2) is 78.1 Å². The van der Waals surface area contributed by atoms with Gasteiger partial charge in [-0.2, -0.15) is 0 Å². The van der Waals surface area contributed by atoms with Gasteiger partial charge >= 0.3 is 0 Å². The molecule has 0 spiro atoms. The van der Waals surface area contributed by atoms with Crippen LogP contribution in [0.25, 0.3) is 0 Å². The Morgan fingerprint density at radius 3 is 2.42 bits per heavy atom. The second-order valence-corrected chi connectivity index (χ2v) is 20.3. The van der Waals surface area contributed by atoms with Crippen molar-refractivity contribution in [3.63, 3.8) is 0 Å². The van der Waals surface area contributed by atoms with Crippen molar-refractivity contribution >= 4 is 11.6 Å².